The highest BCUT2D eigenvalue weighted by Gasteiger charge is 2.03. The molecule has 0 saturated carbocycles. The fourth-order valence-corrected chi connectivity index (χ4v) is 1.04. The van der Waals surface area contributed by atoms with Gasteiger partial charge in [0.1, 0.15) is 12.0 Å². The van der Waals surface area contributed by atoms with E-state index >= 15 is 0 Å². The summed E-state index contributed by atoms with van der Waals surface area (Å²) in [4.78, 5) is 9.57. The summed E-state index contributed by atoms with van der Waals surface area (Å²) in [7, 11) is 0. The zero-order valence-corrected chi connectivity index (χ0v) is 7.20. The Balaban J connectivity index is 2.45. The van der Waals surface area contributed by atoms with Gasteiger partial charge in [-0.05, 0) is 22.0 Å². The molecule has 0 unspecified atom stereocenters. The van der Waals surface area contributed by atoms with Crippen LogP contribution in [0.25, 0.3) is 0 Å². The molecule has 1 rings (SSSR count). The van der Waals surface area contributed by atoms with Crippen molar-refractivity contribution in [2.24, 2.45) is 0 Å². The molecule has 1 heterocycles. The van der Waals surface area contributed by atoms with Gasteiger partial charge in [-0.3, -0.25) is 10.1 Å². The van der Waals surface area contributed by atoms with Crippen LogP contribution in [0.3, 0.4) is 0 Å². The molecule has 0 aliphatic heterocycles. The Morgan fingerprint density at radius 3 is 2.91 bits per heavy atom. The SMILES string of the molecule is O=[N+]([O-])CCc1cc(Br)co1. The van der Waals surface area contributed by atoms with Crippen LogP contribution in [0.2, 0.25) is 0 Å². The Morgan fingerprint density at radius 1 is 1.73 bits per heavy atom. The molecule has 1 aromatic heterocycles. The second kappa shape index (κ2) is 3.52. The summed E-state index contributed by atoms with van der Waals surface area (Å²) in [6, 6.07) is 1.73. The predicted octanol–water partition coefficient (Wildman–Crippen LogP) is 1.86. The number of furan rings is 1. The number of hydrogen-bond acceptors (Lipinski definition) is 3. The lowest BCUT2D eigenvalue weighted by atomic mass is 10.3. The van der Waals surface area contributed by atoms with E-state index in [9.17, 15) is 10.1 Å². The topological polar surface area (TPSA) is 56.3 Å². The Hall–Kier alpha value is -0.840. The molecule has 0 spiro atoms. The van der Waals surface area contributed by atoms with Crippen molar-refractivity contribution in [3.63, 3.8) is 0 Å². The maximum absolute atomic E-state index is 9.93. The van der Waals surface area contributed by atoms with Gasteiger partial charge >= 0.3 is 0 Å². The Morgan fingerprint density at radius 2 is 2.45 bits per heavy atom. The molecule has 0 aromatic carbocycles. The number of nitro groups is 1. The highest BCUT2D eigenvalue weighted by atomic mass is 79.9. The van der Waals surface area contributed by atoms with Crippen LogP contribution in [0, 0.1) is 10.1 Å². The largest absolute Gasteiger partial charge is 0.468 e. The third-order valence-electron chi connectivity index (χ3n) is 1.16. The number of rotatable bonds is 3. The first-order chi connectivity index (χ1) is 5.18. The first-order valence-corrected chi connectivity index (χ1v) is 3.82. The normalized spacial score (nSPS) is 9.91. The molecule has 1 aromatic rings. The van der Waals surface area contributed by atoms with Crippen LogP contribution in [-0.4, -0.2) is 11.5 Å². The standard InChI is InChI=1S/C6H6BrNO3/c7-5-3-6(11-4-5)1-2-8(9)10/h3-4H,1-2H2. The van der Waals surface area contributed by atoms with Gasteiger partial charge in [0.25, 0.3) is 0 Å². The van der Waals surface area contributed by atoms with Crippen LogP contribution in [0.15, 0.2) is 21.2 Å². The van der Waals surface area contributed by atoms with E-state index < -0.39 is 0 Å². The molecule has 5 heteroatoms. The maximum Gasteiger partial charge on any atom is 0.210 e. The van der Waals surface area contributed by atoms with Crippen LogP contribution in [0.1, 0.15) is 5.76 Å². The third-order valence-corrected chi connectivity index (χ3v) is 1.58. The number of halogens is 1. The lowest BCUT2D eigenvalue weighted by Crippen LogP contribution is -2.02. The minimum Gasteiger partial charge on any atom is -0.468 e. The molecule has 0 aliphatic carbocycles. The van der Waals surface area contributed by atoms with E-state index in [1.54, 1.807) is 6.07 Å². The predicted molar refractivity (Wildman–Crippen MR) is 42.0 cm³/mol. The van der Waals surface area contributed by atoms with Gasteiger partial charge in [0.15, 0.2) is 0 Å². The number of hydrogen-bond donors (Lipinski definition) is 0. The molecular formula is C6H6BrNO3. The quantitative estimate of drug-likeness (QED) is 0.576. The molecule has 4 nitrogen and oxygen atoms in total. The fourth-order valence-electron chi connectivity index (χ4n) is 0.686. The van der Waals surface area contributed by atoms with Gasteiger partial charge < -0.3 is 4.42 Å². The zero-order chi connectivity index (χ0) is 8.27. The van der Waals surface area contributed by atoms with Gasteiger partial charge in [-0.2, -0.15) is 0 Å². The summed E-state index contributed by atoms with van der Waals surface area (Å²) < 4.78 is 5.78. The highest BCUT2D eigenvalue weighted by molar-refractivity contribution is 9.10. The fraction of sp³-hybridized carbons (Fsp3) is 0.333. The molecule has 0 radical (unpaired) electrons. The lowest BCUT2D eigenvalue weighted by molar-refractivity contribution is -0.479. The zero-order valence-electron chi connectivity index (χ0n) is 5.62. The van der Waals surface area contributed by atoms with Crippen molar-refractivity contribution in [2.75, 3.05) is 6.54 Å². The summed E-state index contributed by atoms with van der Waals surface area (Å²) in [6.07, 6.45) is 1.86. The molecular weight excluding hydrogens is 214 g/mol. The average molecular weight is 220 g/mol. The second-order valence-electron chi connectivity index (χ2n) is 2.04. The van der Waals surface area contributed by atoms with Crippen LogP contribution in [0.4, 0.5) is 0 Å². The smallest absolute Gasteiger partial charge is 0.210 e. The molecule has 0 bridgehead atoms. The maximum atomic E-state index is 9.93. The second-order valence-corrected chi connectivity index (χ2v) is 2.95. The van der Waals surface area contributed by atoms with E-state index in [0.29, 0.717) is 12.2 Å². The summed E-state index contributed by atoms with van der Waals surface area (Å²) in [5.41, 5.74) is 0. The Labute approximate surface area is 71.5 Å². The summed E-state index contributed by atoms with van der Waals surface area (Å²) in [6.45, 7) is -0.0834. The monoisotopic (exact) mass is 219 g/mol. The van der Waals surface area contributed by atoms with Crippen LogP contribution in [0.5, 0.6) is 0 Å². The van der Waals surface area contributed by atoms with Crippen LogP contribution in [-0.2, 0) is 6.42 Å². The molecule has 60 valence electrons. The summed E-state index contributed by atoms with van der Waals surface area (Å²) in [5.74, 6) is 0.633. The van der Waals surface area contributed by atoms with Crippen molar-refractivity contribution in [1.82, 2.24) is 0 Å². The van der Waals surface area contributed by atoms with Gasteiger partial charge in [0.2, 0.25) is 6.54 Å². The van der Waals surface area contributed by atoms with E-state index in [1.165, 1.54) is 6.26 Å². The summed E-state index contributed by atoms with van der Waals surface area (Å²) in [5, 5.41) is 9.93. The van der Waals surface area contributed by atoms with Crippen molar-refractivity contribution in [2.45, 2.75) is 6.42 Å². The van der Waals surface area contributed by atoms with E-state index in [4.69, 9.17) is 4.42 Å². The van der Waals surface area contributed by atoms with Gasteiger partial charge in [-0.25, -0.2) is 0 Å². The van der Waals surface area contributed by atoms with Gasteiger partial charge in [0.05, 0.1) is 10.9 Å². The minimum atomic E-state index is -0.365. The Bertz CT molecular complexity index is 258. The highest BCUT2D eigenvalue weighted by Crippen LogP contribution is 2.14. The van der Waals surface area contributed by atoms with Crippen LogP contribution >= 0.6 is 15.9 Å². The molecule has 0 N–H and O–H groups in total. The van der Waals surface area contributed by atoms with Crippen molar-refractivity contribution >= 4 is 15.9 Å². The van der Waals surface area contributed by atoms with E-state index in [0.717, 1.165) is 4.47 Å². The Kier molecular flexibility index (Phi) is 2.64. The summed E-state index contributed by atoms with van der Waals surface area (Å²) >= 11 is 3.18. The molecule has 0 saturated heterocycles. The van der Waals surface area contributed by atoms with Gasteiger partial charge in [-0.15, -0.1) is 0 Å². The van der Waals surface area contributed by atoms with E-state index in [2.05, 4.69) is 15.9 Å². The first kappa shape index (κ1) is 8.26. The van der Waals surface area contributed by atoms with Crippen molar-refractivity contribution in [3.8, 4) is 0 Å². The van der Waals surface area contributed by atoms with Gasteiger partial charge in [-0.1, -0.05) is 0 Å². The lowest BCUT2D eigenvalue weighted by Gasteiger charge is -1.88. The van der Waals surface area contributed by atoms with Crippen LogP contribution < -0.4 is 0 Å². The first-order valence-electron chi connectivity index (χ1n) is 3.03. The molecule has 0 fully saturated rings. The molecule has 11 heavy (non-hydrogen) atoms. The third kappa shape index (κ3) is 2.71. The van der Waals surface area contributed by atoms with E-state index in [1.807, 2.05) is 0 Å². The van der Waals surface area contributed by atoms with Gasteiger partial charge in [0, 0.05) is 4.92 Å². The van der Waals surface area contributed by atoms with Crippen molar-refractivity contribution < 1.29 is 9.34 Å². The minimum absolute atomic E-state index is 0.0834. The average Bonchev–Trinajstić information content (AvgIpc) is 2.31. The number of nitrogens with zero attached hydrogens (tertiary/aromatic N) is 1. The van der Waals surface area contributed by atoms with E-state index in [-0.39, 0.29) is 11.5 Å². The van der Waals surface area contributed by atoms with Crippen molar-refractivity contribution in [3.05, 3.63) is 32.7 Å². The molecule has 0 amide bonds. The molecule has 0 aliphatic rings. The van der Waals surface area contributed by atoms with Crippen molar-refractivity contribution in [1.29, 1.82) is 0 Å². The molecule has 0 atom stereocenters.